The van der Waals surface area contributed by atoms with E-state index >= 15 is 0 Å². The monoisotopic (exact) mass is 561 g/mol. The van der Waals surface area contributed by atoms with Gasteiger partial charge in [0, 0.05) is 29.7 Å². The maximum atomic E-state index is 13.9. The van der Waals surface area contributed by atoms with E-state index in [2.05, 4.69) is 26.6 Å². The van der Waals surface area contributed by atoms with Crippen LogP contribution in [-0.2, 0) is 19.1 Å². The molecule has 1 aromatic rings. The van der Waals surface area contributed by atoms with Gasteiger partial charge in [-0.15, -0.1) is 0 Å². The molecule has 196 valence electrons. The standard InChI is InChI=1S/C27H36BrN3O5/c28-19-16-27-21(20(22(19)36-27)24(33)29-17-10-4-1-5-11-17)26(35)31(14-8-3-9-15-32)23(27)25(34)30-18-12-6-2-7-13-18/h1,4-5,10-11,18-23,32H,2-3,6-9,12-16H2,(H,29,33)(H,30,34)/t19?,20-,21-,22-,23?,27?/m0/s1. The predicted octanol–water partition coefficient (Wildman–Crippen LogP) is 2.98. The minimum absolute atomic E-state index is 0.101. The lowest BCUT2D eigenvalue weighted by Crippen LogP contribution is -2.57. The van der Waals surface area contributed by atoms with Crippen LogP contribution in [0.15, 0.2) is 30.3 Å². The summed E-state index contributed by atoms with van der Waals surface area (Å²) in [4.78, 5) is 42.8. The summed E-state index contributed by atoms with van der Waals surface area (Å²) >= 11 is 3.71. The van der Waals surface area contributed by atoms with E-state index in [1.807, 2.05) is 30.3 Å². The zero-order valence-corrected chi connectivity index (χ0v) is 22.1. The lowest BCUT2D eigenvalue weighted by atomic mass is 9.70. The molecule has 4 fully saturated rings. The maximum absolute atomic E-state index is 13.9. The van der Waals surface area contributed by atoms with E-state index in [1.165, 1.54) is 6.42 Å². The van der Waals surface area contributed by atoms with Crippen molar-refractivity contribution in [2.45, 2.75) is 86.4 Å². The molecule has 0 aromatic heterocycles. The number of halogens is 1. The van der Waals surface area contributed by atoms with Gasteiger partial charge in [0.2, 0.25) is 17.7 Å². The number of anilines is 1. The maximum Gasteiger partial charge on any atom is 0.246 e. The van der Waals surface area contributed by atoms with Gasteiger partial charge >= 0.3 is 0 Å². The predicted molar refractivity (Wildman–Crippen MR) is 138 cm³/mol. The van der Waals surface area contributed by atoms with Gasteiger partial charge in [-0.25, -0.2) is 0 Å². The van der Waals surface area contributed by atoms with Crippen molar-refractivity contribution in [2.75, 3.05) is 18.5 Å². The van der Waals surface area contributed by atoms with E-state index in [0.29, 0.717) is 31.5 Å². The largest absolute Gasteiger partial charge is 0.396 e. The second-order valence-electron chi connectivity index (χ2n) is 10.7. The Labute approximate surface area is 220 Å². The molecule has 3 heterocycles. The Morgan fingerprint density at radius 2 is 1.83 bits per heavy atom. The number of hydrogen-bond donors (Lipinski definition) is 3. The van der Waals surface area contributed by atoms with E-state index < -0.39 is 29.6 Å². The average Bonchev–Trinajstić information content (AvgIpc) is 3.46. The number of rotatable bonds is 9. The summed E-state index contributed by atoms with van der Waals surface area (Å²) in [6.07, 6.45) is 7.42. The molecule has 5 rings (SSSR count). The number of para-hydroxylation sites is 1. The van der Waals surface area contributed by atoms with E-state index in [0.717, 1.165) is 32.1 Å². The number of benzene rings is 1. The van der Waals surface area contributed by atoms with Gasteiger partial charge < -0.3 is 25.4 Å². The lowest BCUT2D eigenvalue weighted by Gasteiger charge is -2.35. The molecule has 3 unspecified atom stereocenters. The van der Waals surface area contributed by atoms with Crippen molar-refractivity contribution in [1.82, 2.24) is 10.2 Å². The van der Waals surface area contributed by atoms with Gasteiger partial charge in [-0.05, 0) is 50.7 Å². The SMILES string of the molecule is O=C(NC1CCCCC1)C1N(CCCCCO)C(=O)[C@@H]2[C@H](C(=O)Nc3ccccc3)[C@H]3OC12CC3Br. The van der Waals surface area contributed by atoms with E-state index in [-0.39, 0.29) is 35.2 Å². The van der Waals surface area contributed by atoms with Crippen molar-refractivity contribution in [3.63, 3.8) is 0 Å². The lowest BCUT2D eigenvalue weighted by molar-refractivity contribution is -0.141. The second kappa shape index (κ2) is 10.8. The Kier molecular flexibility index (Phi) is 7.70. The second-order valence-corrected chi connectivity index (χ2v) is 11.9. The third-order valence-corrected chi connectivity index (χ3v) is 9.24. The summed E-state index contributed by atoms with van der Waals surface area (Å²) in [5.41, 5.74) is -0.354. The zero-order valence-electron chi connectivity index (χ0n) is 20.5. The molecule has 1 spiro atoms. The molecule has 3 saturated heterocycles. The molecule has 6 atom stereocenters. The van der Waals surface area contributed by atoms with Crippen LogP contribution in [0.2, 0.25) is 0 Å². The van der Waals surface area contributed by atoms with Gasteiger partial charge in [-0.1, -0.05) is 53.4 Å². The molecule has 3 aliphatic heterocycles. The number of alkyl halides is 1. The molecule has 8 nitrogen and oxygen atoms in total. The minimum atomic E-state index is -1.02. The summed E-state index contributed by atoms with van der Waals surface area (Å²) in [6.45, 7) is 0.512. The van der Waals surface area contributed by atoms with Crippen LogP contribution in [0.5, 0.6) is 0 Å². The van der Waals surface area contributed by atoms with Crippen molar-refractivity contribution in [3.8, 4) is 0 Å². The number of likely N-dealkylation sites (tertiary alicyclic amines) is 1. The molecule has 1 aromatic carbocycles. The number of aliphatic hydroxyl groups excluding tert-OH is 1. The number of carbonyl (C=O) groups is 3. The summed E-state index contributed by atoms with van der Waals surface area (Å²) in [5, 5.41) is 15.4. The summed E-state index contributed by atoms with van der Waals surface area (Å²) in [6, 6.07) is 8.57. The number of ether oxygens (including phenoxy) is 1. The van der Waals surface area contributed by atoms with Crippen LogP contribution in [0.4, 0.5) is 5.69 Å². The Bertz CT molecular complexity index is 971. The summed E-state index contributed by atoms with van der Waals surface area (Å²) in [5.74, 6) is -1.95. The summed E-state index contributed by atoms with van der Waals surface area (Å²) in [7, 11) is 0. The molecule has 36 heavy (non-hydrogen) atoms. The minimum Gasteiger partial charge on any atom is -0.396 e. The van der Waals surface area contributed by atoms with Crippen LogP contribution in [-0.4, -0.2) is 69.5 Å². The molecule has 2 bridgehead atoms. The molecule has 1 saturated carbocycles. The van der Waals surface area contributed by atoms with Crippen LogP contribution < -0.4 is 10.6 Å². The highest BCUT2D eigenvalue weighted by Gasteiger charge is 2.76. The Morgan fingerprint density at radius 1 is 1.08 bits per heavy atom. The Balaban J connectivity index is 1.43. The number of aliphatic hydroxyl groups is 1. The first-order valence-corrected chi connectivity index (χ1v) is 14.3. The highest BCUT2D eigenvalue weighted by atomic mass is 79.9. The summed E-state index contributed by atoms with van der Waals surface area (Å²) < 4.78 is 6.55. The molecule has 9 heteroatoms. The van der Waals surface area contributed by atoms with Crippen molar-refractivity contribution < 1.29 is 24.2 Å². The normalized spacial score (nSPS) is 33.6. The number of hydrogen-bond acceptors (Lipinski definition) is 5. The van der Waals surface area contributed by atoms with E-state index in [4.69, 9.17) is 4.74 Å². The first kappa shape index (κ1) is 25.7. The average molecular weight is 563 g/mol. The van der Waals surface area contributed by atoms with Crippen LogP contribution in [0.25, 0.3) is 0 Å². The molecule has 1 aliphatic carbocycles. The molecular weight excluding hydrogens is 526 g/mol. The van der Waals surface area contributed by atoms with Gasteiger partial charge in [0.15, 0.2) is 0 Å². The van der Waals surface area contributed by atoms with Gasteiger partial charge in [-0.3, -0.25) is 14.4 Å². The molecule has 3 amide bonds. The number of amides is 3. The van der Waals surface area contributed by atoms with Gasteiger partial charge in [0.25, 0.3) is 0 Å². The van der Waals surface area contributed by atoms with Crippen LogP contribution >= 0.6 is 15.9 Å². The topological polar surface area (TPSA) is 108 Å². The highest BCUT2D eigenvalue weighted by Crippen LogP contribution is 2.60. The Morgan fingerprint density at radius 3 is 2.56 bits per heavy atom. The van der Waals surface area contributed by atoms with Gasteiger partial charge in [0.05, 0.1) is 17.9 Å². The molecular formula is C27H36BrN3O5. The number of carbonyl (C=O) groups excluding carboxylic acids is 3. The highest BCUT2D eigenvalue weighted by molar-refractivity contribution is 9.09. The van der Waals surface area contributed by atoms with Crippen LogP contribution in [0.1, 0.15) is 57.8 Å². The zero-order chi connectivity index (χ0) is 25.3. The molecule has 3 N–H and O–H groups in total. The van der Waals surface area contributed by atoms with E-state index in [1.54, 1.807) is 4.90 Å². The van der Waals surface area contributed by atoms with Crippen molar-refractivity contribution >= 4 is 39.3 Å². The fourth-order valence-corrected chi connectivity index (χ4v) is 7.76. The van der Waals surface area contributed by atoms with Gasteiger partial charge in [-0.2, -0.15) is 0 Å². The van der Waals surface area contributed by atoms with Crippen molar-refractivity contribution in [3.05, 3.63) is 30.3 Å². The van der Waals surface area contributed by atoms with Crippen LogP contribution in [0, 0.1) is 11.8 Å². The smallest absolute Gasteiger partial charge is 0.246 e. The first-order chi connectivity index (χ1) is 17.5. The van der Waals surface area contributed by atoms with Crippen LogP contribution in [0.3, 0.4) is 0 Å². The van der Waals surface area contributed by atoms with Crippen molar-refractivity contribution in [2.24, 2.45) is 11.8 Å². The molecule has 0 radical (unpaired) electrons. The number of nitrogens with zero attached hydrogens (tertiary/aromatic N) is 1. The fraction of sp³-hybridized carbons (Fsp3) is 0.667. The molecule has 4 aliphatic rings. The fourth-order valence-electron chi connectivity index (χ4n) is 6.82. The third kappa shape index (κ3) is 4.58. The van der Waals surface area contributed by atoms with E-state index in [9.17, 15) is 19.5 Å². The van der Waals surface area contributed by atoms with Crippen molar-refractivity contribution in [1.29, 1.82) is 0 Å². The number of nitrogens with one attached hydrogen (secondary N) is 2. The number of unbranched alkanes of at least 4 members (excludes halogenated alkanes) is 2. The first-order valence-electron chi connectivity index (χ1n) is 13.4. The quantitative estimate of drug-likeness (QED) is 0.317. The number of fused-ring (bicyclic) bond motifs is 1. The Hall–Kier alpha value is -1.97. The third-order valence-electron chi connectivity index (χ3n) is 8.39. The van der Waals surface area contributed by atoms with Gasteiger partial charge in [0.1, 0.15) is 11.6 Å².